The lowest BCUT2D eigenvalue weighted by Gasteiger charge is -2.42. The number of carbonyl (C=O) groups is 1. The van der Waals surface area contributed by atoms with Crippen LogP contribution in [-0.2, 0) is 17.6 Å². The Kier molecular flexibility index (Phi) is 10.8. The van der Waals surface area contributed by atoms with Crippen LogP contribution in [0.3, 0.4) is 0 Å². The van der Waals surface area contributed by atoms with E-state index in [0.717, 1.165) is 25.8 Å². The number of anilines is 1. The summed E-state index contributed by atoms with van der Waals surface area (Å²) in [6.45, 7) is 5.18. The highest BCUT2D eigenvalue weighted by Crippen LogP contribution is 2.42. The second-order valence-electron chi connectivity index (χ2n) is 11.0. The van der Waals surface area contributed by atoms with E-state index in [4.69, 9.17) is 0 Å². The first kappa shape index (κ1) is 27.9. The van der Waals surface area contributed by atoms with Crippen LogP contribution in [0.1, 0.15) is 56.1 Å². The van der Waals surface area contributed by atoms with Crippen LogP contribution in [0.25, 0.3) is 0 Å². The fourth-order valence-electron chi connectivity index (χ4n) is 6.08. The van der Waals surface area contributed by atoms with Crippen LogP contribution in [0, 0.1) is 5.41 Å². The Morgan fingerprint density at radius 1 is 0.684 bits per heavy atom. The van der Waals surface area contributed by atoms with Crippen molar-refractivity contribution in [2.24, 2.45) is 5.41 Å². The molecule has 3 aliphatic rings. The highest BCUT2D eigenvalue weighted by molar-refractivity contribution is 5.52. The quantitative estimate of drug-likeness (QED) is 0.387. The molecule has 4 nitrogen and oxygen atoms in total. The van der Waals surface area contributed by atoms with Gasteiger partial charge >= 0.3 is 0 Å². The van der Waals surface area contributed by atoms with Crippen LogP contribution >= 0.6 is 0 Å². The lowest BCUT2D eigenvalue weighted by Crippen LogP contribution is -2.40. The SMILES string of the molecule is O=CCN1CCCC2(CC1)CCN(c1ccccc1)CC2.Oc1ccc2c(c1)CCCC2.c1ccccc1. The van der Waals surface area contributed by atoms with Gasteiger partial charge in [0.25, 0.3) is 0 Å². The van der Waals surface area contributed by atoms with Crippen molar-refractivity contribution in [1.82, 2.24) is 4.90 Å². The number of para-hydroxylation sites is 1. The van der Waals surface area contributed by atoms with Crippen molar-refractivity contribution in [3.05, 3.63) is 96.1 Å². The van der Waals surface area contributed by atoms with Crippen LogP contribution in [0.15, 0.2) is 84.9 Å². The lowest BCUT2D eigenvalue weighted by molar-refractivity contribution is -0.108. The highest BCUT2D eigenvalue weighted by atomic mass is 16.3. The minimum Gasteiger partial charge on any atom is -0.508 e. The third kappa shape index (κ3) is 8.46. The predicted molar refractivity (Wildman–Crippen MR) is 158 cm³/mol. The van der Waals surface area contributed by atoms with Gasteiger partial charge in [-0.05, 0) is 112 Å². The largest absolute Gasteiger partial charge is 0.508 e. The summed E-state index contributed by atoms with van der Waals surface area (Å²) in [5.41, 5.74) is 4.66. The van der Waals surface area contributed by atoms with E-state index in [0.29, 0.717) is 17.7 Å². The van der Waals surface area contributed by atoms with Crippen LogP contribution in [0.5, 0.6) is 5.75 Å². The number of rotatable bonds is 3. The van der Waals surface area contributed by atoms with Gasteiger partial charge in [0.15, 0.2) is 0 Å². The van der Waals surface area contributed by atoms with Crippen LogP contribution in [0.2, 0.25) is 0 Å². The topological polar surface area (TPSA) is 43.8 Å². The van der Waals surface area contributed by atoms with E-state index in [2.05, 4.69) is 40.1 Å². The molecule has 2 fully saturated rings. The molecule has 0 amide bonds. The number of aromatic hydroxyl groups is 1. The fraction of sp³-hybridized carbons (Fsp3) is 0.441. The van der Waals surface area contributed by atoms with E-state index in [1.54, 1.807) is 6.07 Å². The number of benzene rings is 3. The first-order valence-electron chi connectivity index (χ1n) is 14.4. The van der Waals surface area contributed by atoms with E-state index in [1.807, 2.05) is 48.5 Å². The smallest absolute Gasteiger partial charge is 0.133 e. The van der Waals surface area contributed by atoms with Crippen LogP contribution < -0.4 is 4.90 Å². The van der Waals surface area contributed by atoms with E-state index < -0.39 is 0 Å². The lowest BCUT2D eigenvalue weighted by atomic mass is 9.73. The molecular weight excluding hydrogens is 468 g/mol. The van der Waals surface area contributed by atoms with Gasteiger partial charge in [0.1, 0.15) is 12.0 Å². The number of likely N-dealkylation sites (tertiary alicyclic amines) is 1. The second kappa shape index (κ2) is 14.7. The second-order valence-corrected chi connectivity index (χ2v) is 11.0. The first-order chi connectivity index (χ1) is 18.7. The molecule has 1 N–H and O–H groups in total. The first-order valence-corrected chi connectivity index (χ1v) is 14.4. The maximum absolute atomic E-state index is 10.7. The minimum atomic E-state index is 0.408. The molecule has 2 aliphatic heterocycles. The van der Waals surface area contributed by atoms with Crippen molar-refractivity contribution in [2.75, 3.05) is 37.6 Å². The van der Waals surface area contributed by atoms with E-state index >= 15 is 0 Å². The standard InChI is InChI=1S/C18H26N2O.C10H12O.C6H6/c21-16-15-19-11-4-7-18(8-12-19)9-13-20(14-10-18)17-5-2-1-3-6-17;11-10-6-5-8-3-1-2-4-9(8)7-10;1-2-4-6-5-3-1/h1-3,5-6,16H,4,7-15H2;5-7,11H,1-4H2;1-6H. The summed E-state index contributed by atoms with van der Waals surface area (Å²) in [6.07, 6.45) is 12.4. The van der Waals surface area contributed by atoms with E-state index in [-0.39, 0.29) is 0 Å². The molecular formula is C34H44N2O2. The van der Waals surface area contributed by atoms with Crippen molar-refractivity contribution >= 4 is 12.0 Å². The van der Waals surface area contributed by atoms with Gasteiger partial charge in [-0.3, -0.25) is 4.90 Å². The van der Waals surface area contributed by atoms with Gasteiger partial charge in [0, 0.05) is 18.8 Å². The summed E-state index contributed by atoms with van der Waals surface area (Å²) in [4.78, 5) is 15.6. The molecule has 0 atom stereocenters. The van der Waals surface area contributed by atoms with Crippen LogP contribution in [-0.4, -0.2) is 49.0 Å². The third-order valence-corrected chi connectivity index (χ3v) is 8.42. The monoisotopic (exact) mass is 512 g/mol. The molecule has 2 saturated heterocycles. The summed E-state index contributed by atoms with van der Waals surface area (Å²) < 4.78 is 0. The number of piperidine rings is 1. The van der Waals surface area contributed by atoms with Crippen molar-refractivity contribution in [3.63, 3.8) is 0 Å². The number of hydrogen-bond donors (Lipinski definition) is 1. The van der Waals surface area contributed by atoms with E-state index in [1.165, 1.54) is 81.3 Å². The average molecular weight is 513 g/mol. The minimum absolute atomic E-state index is 0.408. The van der Waals surface area contributed by atoms with Gasteiger partial charge in [-0.2, -0.15) is 0 Å². The Bertz CT molecular complexity index is 1050. The summed E-state index contributed by atoms with van der Waals surface area (Å²) >= 11 is 0. The summed E-state index contributed by atoms with van der Waals surface area (Å²) in [7, 11) is 0. The molecule has 0 aromatic heterocycles. The zero-order valence-electron chi connectivity index (χ0n) is 22.8. The number of aryl methyl sites for hydroxylation is 2. The Balaban J connectivity index is 0.000000163. The van der Waals surface area contributed by atoms with Crippen LogP contribution in [0.4, 0.5) is 5.69 Å². The van der Waals surface area contributed by atoms with Gasteiger partial charge in [-0.25, -0.2) is 0 Å². The molecule has 38 heavy (non-hydrogen) atoms. The molecule has 1 aliphatic carbocycles. The molecule has 4 heteroatoms. The number of carbonyl (C=O) groups excluding carboxylic acids is 1. The van der Waals surface area contributed by atoms with Gasteiger partial charge < -0.3 is 14.8 Å². The van der Waals surface area contributed by atoms with Crippen molar-refractivity contribution in [3.8, 4) is 5.75 Å². The maximum Gasteiger partial charge on any atom is 0.133 e. The number of aldehydes is 1. The van der Waals surface area contributed by atoms with Crippen molar-refractivity contribution in [1.29, 1.82) is 0 Å². The summed E-state index contributed by atoms with van der Waals surface area (Å²) in [5.74, 6) is 0.408. The normalized spacial score (nSPS) is 18.6. The molecule has 3 aromatic rings. The van der Waals surface area contributed by atoms with Crippen molar-refractivity contribution in [2.45, 2.75) is 57.8 Å². The average Bonchev–Trinajstić information content (AvgIpc) is 3.17. The number of fused-ring (bicyclic) bond motifs is 1. The highest BCUT2D eigenvalue weighted by Gasteiger charge is 2.35. The number of phenolic OH excluding ortho intramolecular Hbond substituents is 1. The predicted octanol–water partition coefficient (Wildman–Crippen LogP) is 6.92. The zero-order chi connectivity index (χ0) is 26.5. The molecule has 202 valence electrons. The molecule has 3 aromatic carbocycles. The third-order valence-electron chi connectivity index (χ3n) is 8.42. The molecule has 0 bridgehead atoms. The number of nitrogens with zero attached hydrogens (tertiary/aromatic N) is 2. The van der Waals surface area contributed by atoms with Gasteiger partial charge in [0.05, 0.1) is 6.54 Å². The Morgan fingerprint density at radius 2 is 1.29 bits per heavy atom. The Labute approximate surface area is 229 Å². The Morgan fingerprint density at radius 3 is 1.95 bits per heavy atom. The van der Waals surface area contributed by atoms with Gasteiger partial charge in [0.2, 0.25) is 0 Å². The summed E-state index contributed by atoms with van der Waals surface area (Å²) in [5, 5.41) is 9.19. The van der Waals surface area contributed by atoms with Gasteiger partial charge in [-0.1, -0.05) is 60.7 Å². The molecule has 0 unspecified atom stereocenters. The summed E-state index contributed by atoms with van der Waals surface area (Å²) in [6, 6.07) is 28.5. The molecule has 2 heterocycles. The maximum atomic E-state index is 10.7. The van der Waals surface area contributed by atoms with E-state index in [9.17, 15) is 9.90 Å². The molecule has 0 saturated carbocycles. The fourth-order valence-corrected chi connectivity index (χ4v) is 6.08. The van der Waals surface area contributed by atoms with Gasteiger partial charge in [-0.15, -0.1) is 0 Å². The molecule has 1 spiro atoms. The molecule has 6 rings (SSSR count). The number of hydrogen-bond acceptors (Lipinski definition) is 4. The number of phenols is 1. The zero-order valence-corrected chi connectivity index (χ0v) is 22.8. The van der Waals surface area contributed by atoms with Crippen molar-refractivity contribution < 1.29 is 9.90 Å². The molecule has 0 radical (unpaired) electrons. The Hall–Kier alpha value is -3.11.